The third-order valence-corrected chi connectivity index (χ3v) is 3.36. The van der Waals surface area contributed by atoms with Crippen LogP contribution in [-0.4, -0.2) is 16.3 Å². The van der Waals surface area contributed by atoms with Gasteiger partial charge in [-0.3, -0.25) is 0 Å². The normalized spacial score (nSPS) is 12.8. The van der Waals surface area contributed by atoms with Crippen molar-refractivity contribution in [3.05, 3.63) is 16.8 Å². The van der Waals surface area contributed by atoms with E-state index in [1.807, 2.05) is 6.92 Å². The molecule has 0 aliphatic carbocycles. The first-order chi connectivity index (χ1) is 8.54. The quantitative estimate of drug-likeness (QED) is 0.843. The van der Waals surface area contributed by atoms with Gasteiger partial charge in [0, 0.05) is 12.1 Å². The lowest BCUT2D eigenvalue weighted by atomic mass is 10.0. The van der Waals surface area contributed by atoms with Crippen molar-refractivity contribution in [2.75, 3.05) is 0 Å². The molecule has 2 N–H and O–H groups in total. The molecule has 0 aromatic carbocycles. The third-order valence-electron chi connectivity index (χ3n) is 3.36. The fraction of sp³-hybridized carbons (Fsp3) is 0.714. The number of aryl methyl sites for hydroxylation is 1. The first-order valence-corrected chi connectivity index (χ1v) is 6.79. The first-order valence-electron chi connectivity index (χ1n) is 6.79. The Kier molecular flexibility index (Phi) is 5.54. The van der Waals surface area contributed by atoms with Crippen molar-refractivity contribution in [2.45, 2.75) is 60.1 Å². The van der Waals surface area contributed by atoms with Crippen LogP contribution in [0.2, 0.25) is 0 Å². The fourth-order valence-corrected chi connectivity index (χ4v) is 1.85. The number of hydrogen-bond acceptors (Lipinski definition) is 4. The molecule has 1 rings (SSSR count). The lowest BCUT2D eigenvalue weighted by molar-refractivity contribution is 0.159. The van der Waals surface area contributed by atoms with Crippen LogP contribution >= 0.6 is 0 Å². The van der Waals surface area contributed by atoms with Gasteiger partial charge in [0.25, 0.3) is 0 Å². The van der Waals surface area contributed by atoms with Gasteiger partial charge in [0.05, 0.1) is 11.8 Å². The summed E-state index contributed by atoms with van der Waals surface area (Å²) in [5, 5.41) is 8.46. The number of aromatic nitrogens is 2. The van der Waals surface area contributed by atoms with E-state index >= 15 is 0 Å². The van der Waals surface area contributed by atoms with Crippen LogP contribution in [0.15, 0.2) is 0 Å². The molecule has 0 aliphatic heterocycles. The number of ether oxygens (including phenoxy) is 1. The zero-order valence-electron chi connectivity index (χ0n) is 12.2. The summed E-state index contributed by atoms with van der Waals surface area (Å²) < 4.78 is 5.89. The van der Waals surface area contributed by atoms with E-state index in [2.05, 4.69) is 37.9 Å². The Morgan fingerprint density at radius 2 is 1.72 bits per heavy atom. The molecule has 1 aromatic heterocycles. The number of hydrogen-bond donors (Lipinski definition) is 1. The van der Waals surface area contributed by atoms with E-state index in [0.717, 1.165) is 24.1 Å². The Hall–Kier alpha value is -1.16. The van der Waals surface area contributed by atoms with Crippen LogP contribution in [0.5, 0.6) is 5.88 Å². The largest absolute Gasteiger partial charge is 0.473 e. The summed E-state index contributed by atoms with van der Waals surface area (Å²) in [5.41, 5.74) is 9.09. The molecule has 1 aromatic rings. The van der Waals surface area contributed by atoms with Crippen LogP contribution in [-0.2, 0) is 19.4 Å². The molecular weight excluding hydrogens is 226 g/mol. The topological polar surface area (TPSA) is 61.0 Å². The van der Waals surface area contributed by atoms with Gasteiger partial charge in [-0.1, -0.05) is 27.7 Å². The zero-order valence-corrected chi connectivity index (χ0v) is 12.2. The second-order valence-corrected chi connectivity index (χ2v) is 4.89. The predicted molar refractivity (Wildman–Crippen MR) is 73.6 cm³/mol. The SMILES string of the molecule is CCc1nnc(OC(C)C(C)C)c(CN)c1CC. The molecule has 4 nitrogen and oxygen atoms in total. The highest BCUT2D eigenvalue weighted by Crippen LogP contribution is 2.24. The van der Waals surface area contributed by atoms with E-state index in [9.17, 15) is 0 Å². The van der Waals surface area contributed by atoms with Crippen LogP contribution in [0, 0.1) is 5.92 Å². The number of rotatable bonds is 6. The van der Waals surface area contributed by atoms with Crippen molar-refractivity contribution in [3.63, 3.8) is 0 Å². The summed E-state index contributed by atoms with van der Waals surface area (Å²) in [4.78, 5) is 0. The molecule has 0 amide bonds. The standard InChI is InChI=1S/C14H25N3O/c1-6-11-12(8-15)14(17-16-13(11)7-2)18-10(5)9(3)4/h9-10H,6-8,15H2,1-5H3. The van der Waals surface area contributed by atoms with Crippen LogP contribution in [0.3, 0.4) is 0 Å². The van der Waals surface area contributed by atoms with Crippen molar-refractivity contribution in [2.24, 2.45) is 11.7 Å². The molecule has 0 spiro atoms. The lowest BCUT2D eigenvalue weighted by Crippen LogP contribution is -2.22. The third kappa shape index (κ3) is 3.19. The second kappa shape index (κ2) is 6.69. The van der Waals surface area contributed by atoms with E-state index < -0.39 is 0 Å². The van der Waals surface area contributed by atoms with Gasteiger partial charge in [-0.05, 0) is 31.2 Å². The van der Waals surface area contributed by atoms with E-state index in [4.69, 9.17) is 10.5 Å². The van der Waals surface area contributed by atoms with E-state index in [0.29, 0.717) is 18.3 Å². The highest BCUT2D eigenvalue weighted by molar-refractivity contribution is 5.37. The first kappa shape index (κ1) is 14.9. The number of nitrogens with two attached hydrogens (primary N) is 1. The Labute approximate surface area is 110 Å². The Balaban J connectivity index is 3.12. The molecule has 4 heteroatoms. The van der Waals surface area contributed by atoms with Crippen molar-refractivity contribution >= 4 is 0 Å². The summed E-state index contributed by atoms with van der Waals surface area (Å²) in [6.07, 6.45) is 1.91. The molecule has 0 bridgehead atoms. The summed E-state index contributed by atoms with van der Waals surface area (Å²) in [6.45, 7) is 11.0. The fourth-order valence-electron chi connectivity index (χ4n) is 1.85. The molecule has 18 heavy (non-hydrogen) atoms. The predicted octanol–water partition coefficient (Wildman–Crippen LogP) is 2.48. The molecule has 0 radical (unpaired) electrons. The monoisotopic (exact) mass is 251 g/mol. The van der Waals surface area contributed by atoms with E-state index in [-0.39, 0.29) is 6.10 Å². The van der Waals surface area contributed by atoms with Gasteiger partial charge in [-0.2, -0.15) is 5.10 Å². The zero-order chi connectivity index (χ0) is 13.7. The summed E-state index contributed by atoms with van der Waals surface area (Å²) in [6, 6.07) is 0. The lowest BCUT2D eigenvalue weighted by Gasteiger charge is -2.20. The summed E-state index contributed by atoms with van der Waals surface area (Å²) in [5.74, 6) is 1.04. The average Bonchev–Trinajstić information content (AvgIpc) is 2.37. The molecule has 1 unspecified atom stereocenters. The van der Waals surface area contributed by atoms with Gasteiger partial charge in [0.15, 0.2) is 0 Å². The molecule has 102 valence electrons. The molecule has 1 heterocycles. The Bertz CT molecular complexity index is 391. The molecular formula is C14H25N3O. The van der Waals surface area contributed by atoms with Crippen molar-refractivity contribution in [1.82, 2.24) is 10.2 Å². The van der Waals surface area contributed by atoms with Gasteiger partial charge in [-0.15, -0.1) is 5.10 Å². The van der Waals surface area contributed by atoms with E-state index in [1.165, 1.54) is 5.56 Å². The maximum atomic E-state index is 5.89. The molecule has 0 saturated carbocycles. The Morgan fingerprint density at radius 3 is 2.17 bits per heavy atom. The van der Waals surface area contributed by atoms with E-state index in [1.54, 1.807) is 0 Å². The van der Waals surface area contributed by atoms with Crippen molar-refractivity contribution in [1.29, 1.82) is 0 Å². The Morgan fingerprint density at radius 1 is 1.06 bits per heavy atom. The van der Waals surface area contributed by atoms with Gasteiger partial charge in [-0.25, -0.2) is 0 Å². The maximum Gasteiger partial charge on any atom is 0.238 e. The smallest absolute Gasteiger partial charge is 0.238 e. The second-order valence-electron chi connectivity index (χ2n) is 4.89. The highest BCUT2D eigenvalue weighted by Gasteiger charge is 2.17. The van der Waals surface area contributed by atoms with Crippen molar-refractivity contribution in [3.8, 4) is 5.88 Å². The molecule has 1 atom stereocenters. The van der Waals surface area contributed by atoms with Crippen LogP contribution in [0.25, 0.3) is 0 Å². The van der Waals surface area contributed by atoms with Gasteiger partial charge < -0.3 is 10.5 Å². The minimum atomic E-state index is 0.113. The van der Waals surface area contributed by atoms with Crippen LogP contribution in [0.1, 0.15) is 51.4 Å². The minimum Gasteiger partial charge on any atom is -0.473 e. The van der Waals surface area contributed by atoms with Crippen molar-refractivity contribution < 1.29 is 4.74 Å². The summed E-state index contributed by atoms with van der Waals surface area (Å²) in [7, 11) is 0. The summed E-state index contributed by atoms with van der Waals surface area (Å²) >= 11 is 0. The molecule has 0 aliphatic rings. The average molecular weight is 251 g/mol. The minimum absolute atomic E-state index is 0.113. The highest BCUT2D eigenvalue weighted by atomic mass is 16.5. The molecule has 0 fully saturated rings. The molecule has 0 saturated heterocycles. The maximum absolute atomic E-state index is 5.89. The van der Waals surface area contributed by atoms with Gasteiger partial charge in [0.1, 0.15) is 0 Å². The van der Waals surface area contributed by atoms with Crippen LogP contribution < -0.4 is 10.5 Å². The number of nitrogens with zero attached hydrogens (tertiary/aromatic N) is 2. The van der Waals surface area contributed by atoms with Crippen LogP contribution in [0.4, 0.5) is 0 Å². The van der Waals surface area contributed by atoms with Gasteiger partial charge >= 0.3 is 0 Å². The van der Waals surface area contributed by atoms with Gasteiger partial charge in [0.2, 0.25) is 5.88 Å².